The molecule has 1 amide bonds. The molecule has 9 heteroatoms. The highest BCUT2D eigenvalue weighted by molar-refractivity contribution is 7.09. The summed E-state index contributed by atoms with van der Waals surface area (Å²) in [6.45, 7) is 0.881. The second kappa shape index (κ2) is 6.71. The molecule has 1 aromatic heterocycles. The molecular weight excluding hydrogens is 307 g/mol. The van der Waals surface area contributed by atoms with E-state index in [0.717, 1.165) is 4.90 Å². The van der Waals surface area contributed by atoms with Gasteiger partial charge in [-0.1, -0.05) is 0 Å². The number of carbonyl (C=O) groups is 1. The van der Waals surface area contributed by atoms with Crippen LogP contribution in [-0.4, -0.2) is 54.3 Å². The number of nitrogens with zero attached hydrogens (tertiary/aromatic N) is 2. The van der Waals surface area contributed by atoms with E-state index in [9.17, 15) is 18.0 Å². The van der Waals surface area contributed by atoms with Crippen LogP contribution in [0.2, 0.25) is 0 Å². The van der Waals surface area contributed by atoms with Gasteiger partial charge in [-0.3, -0.25) is 9.69 Å². The molecular formula is C12H16F3N3O2S. The van der Waals surface area contributed by atoms with Crippen LogP contribution in [0.25, 0.3) is 0 Å². The summed E-state index contributed by atoms with van der Waals surface area (Å²) in [6.07, 6.45) is -2.72. The van der Waals surface area contributed by atoms with Crippen LogP contribution in [-0.2, 0) is 9.53 Å². The number of halogens is 3. The van der Waals surface area contributed by atoms with Crippen molar-refractivity contribution in [1.82, 2.24) is 15.2 Å². The van der Waals surface area contributed by atoms with Crippen LogP contribution in [0, 0.1) is 0 Å². The van der Waals surface area contributed by atoms with Gasteiger partial charge in [0.2, 0.25) is 5.91 Å². The number of rotatable bonds is 4. The van der Waals surface area contributed by atoms with Crippen LogP contribution in [0.5, 0.6) is 0 Å². The van der Waals surface area contributed by atoms with Crippen molar-refractivity contribution in [1.29, 1.82) is 0 Å². The number of aromatic nitrogens is 1. The molecule has 0 bridgehead atoms. The summed E-state index contributed by atoms with van der Waals surface area (Å²) in [6, 6.07) is -1.27. The van der Waals surface area contributed by atoms with Crippen molar-refractivity contribution in [2.75, 3.05) is 26.3 Å². The number of thiazole rings is 1. The lowest BCUT2D eigenvalue weighted by Crippen LogP contribution is -2.56. The number of amides is 1. The highest BCUT2D eigenvalue weighted by Crippen LogP contribution is 2.21. The molecule has 0 unspecified atom stereocenters. The van der Waals surface area contributed by atoms with E-state index in [1.807, 2.05) is 0 Å². The summed E-state index contributed by atoms with van der Waals surface area (Å²) in [5.74, 6) is -0.471. The van der Waals surface area contributed by atoms with Crippen molar-refractivity contribution in [3.63, 3.8) is 0 Å². The summed E-state index contributed by atoms with van der Waals surface area (Å²) < 4.78 is 42.8. The highest BCUT2D eigenvalue weighted by atomic mass is 32.1. The highest BCUT2D eigenvalue weighted by Gasteiger charge is 2.38. The van der Waals surface area contributed by atoms with E-state index >= 15 is 0 Å². The molecule has 1 fully saturated rings. The zero-order valence-electron chi connectivity index (χ0n) is 11.4. The van der Waals surface area contributed by atoms with Gasteiger partial charge in [0.05, 0.1) is 25.8 Å². The van der Waals surface area contributed by atoms with Gasteiger partial charge in [0.25, 0.3) is 0 Å². The van der Waals surface area contributed by atoms with Crippen LogP contribution >= 0.6 is 11.3 Å². The molecule has 1 aromatic rings. The van der Waals surface area contributed by atoms with E-state index in [1.54, 1.807) is 18.5 Å². The molecule has 1 saturated heterocycles. The number of nitrogens with one attached hydrogen (secondary N) is 1. The number of carbonyl (C=O) groups excluding carboxylic acids is 1. The average molecular weight is 323 g/mol. The molecule has 0 aliphatic carbocycles. The molecule has 5 nitrogen and oxygen atoms in total. The van der Waals surface area contributed by atoms with E-state index in [4.69, 9.17) is 4.74 Å². The number of alkyl halides is 3. The predicted molar refractivity (Wildman–Crippen MR) is 70.9 cm³/mol. The SMILES string of the molecule is C[C@H](NC(=O)[C@@H]1COCCN1CC(F)(F)F)c1nccs1. The maximum atomic E-state index is 12.5. The molecule has 0 aromatic carbocycles. The molecule has 1 aliphatic rings. The minimum absolute atomic E-state index is 0.0352. The predicted octanol–water partition coefficient (Wildman–Crippen LogP) is 1.58. The fourth-order valence-corrected chi connectivity index (χ4v) is 2.76. The molecule has 21 heavy (non-hydrogen) atoms. The Bertz CT molecular complexity index is 467. The topological polar surface area (TPSA) is 54.5 Å². The molecule has 1 N–H and O–H groups in total. The van der Waals surface area contributed by atoms with Gasteiger partial charge in [-0.15, -0.1) is 11.3 Å². The van der Waals surface area contributed by atoms with E-state index < -0.39 is 24.7 Å². The van der Waals surface area contributed by atoms with Crippen molar-refractivity contribution in [2.24, 2.45) is 0 Å². The van der Waals surface area contributed by atoms with E-state index in [1.165, 1.54) is 11.3 Å². The Hall–Kier alpha value is -1.19. The van der Waals surface area contributed by atoms with Crippen molar-refractivity contribution in [2.45, 2.75) is 25.2 Å². The minimum atomic E-state index is -4.34. The fraction of sp³-hybridized carbons (Fsp3) is 0.667. The third kappa shape index (κ3) is 4.65. The number of ether oxygens (including phenoxy) is 1. The average Bonchev–Trinajstić information content (AvgIpc) is 2.91. The Morgan fingerprint density at radius 3 is 3.05 bits per heavy atom. The summed E-state index contributed by atoms with van der Waals surface area (Å²) in [4.78, 5) is 17.4. The summed E-state index contributed by atoms with van der Waals surface area (Å²) in [5.41, 5.74) is 0. The van der Waals surface area contributed by atoms with Crippen LogP contribution in [0.3, 0.4) is 0 Å². The Labute approximate surface area is 124 Å². The largest absolute Gasteiger partial charge is 0.401 e. The lowest BCUT2D eigenvalue weighted by Gasteiger charge is -2.35. The molecule has 118 valence electrons. The summed E-state index contributed by atoms with van der Waals surface area (Å²) in [5, 5.41) is 5.17. The molecule has 2 atom stereocenters. The van der Waals surface area contributed by atoms with Gasteiger partial charge in [0, 0.05) is 18.1 Å². The third-order valence-electron chi connectivity index (χ3n) is 3.10. The zero-order valence-corrected chi connectivity index (χ0v) is 12.2. The van der Waals surface area contributed by atoms with E-state index in [0.29, 0.717) is 5.01 Å². The quantitative estimate of drug-likeness (QED) is 0.914. The first-order chi connectivity index (χ1) is 9.87. The van der Waals surface area contributed by atoms with Gasteiger partial charge < -0.3 is 10.1 Å². The number of hydrogen-bond acceptors (Lipinski definition) is 5. The van der Waals surface area contributed by atoms with E-state index in [-0.39, 0.29) is 25.8 Å². The van der Waals surface area contributed by atoms with Crippen LogP contribution in [0.1, 0.15) is 18.0 Å². The van der Waals surface area contributed by atoms with Crippen LogP contribution < -0.4 is 5.32 Å². The van der Waals surface area contributed by atoms with Gasteiger partial charge in [-0.05, 0) is 6.92 Å². The van der Waals surface area contributed by atoms with Gasteiger partial charge in [-0.25, -0.2) is 4.98 Å². The standard InChI is InChI=1S/C12H16F3N3O2S/c1-8(11-16-2-5-21-11)17-10(19)9-6-20-4-3-18(9)7-12(13,14)15/h2,5,8-9H,3-4,6-7H2,1H3,(H,17,19)/t8-,9-/m0/s1. The molecule has 0 spiro atoms. The molecule has 2 rings (SSSR count). The first-order valence-electron chi connectivity index (χ1n) is 6.45. The Kier molecular flexibility index (Phi) is 5.17. The van der Waals surface area contributed by atoms with Crippen LogP contribution in [0.15, 0.2) is 11.6 Å². The second-order valence-corrected chi connectivity index (χ2v) is 5.70. The maximum Gasteiger partial charge on any atom is 0.401 e. The molecule has 2 heterocycles. The van der Waals surface area contributed by atoms with Crippen molar-refractivity contribution in [3.8, 4) is 0 Å². The Morgan fingerprint density at radius 1 is 1.67 bits per heavy atom. The van der Waals surface area contributed by atoms with Crippen molar-refractivity contribution < 1.29 is 22.7 Å². The first kappa shape index (κ1) is 16.2. The second-order valence-electron chi connectivity index (χ2n) is 4.78. The van der Waals surface area contributed by atoms with E-state index in [2.05, 4.69) is 10.3 Å². The zero-order chi connectivity index (χ0) is 15.5. The monoisotopic (exact) mass is 323 g/mol. The maximum absolute atomic E-state index is 12.5. The minimum Gasteiger partial charge on any atom is -0.378 e. The Balaban J connectivity index is 1.98. The summed E-state index contributed by atoms with van der Waals surface area (Å²) >= 11 is 1.38. The van der Waals surface area contributed by atoms with Crippen LogP contribution in [0.4, 0.5) is 13.2 Å². The van der Waals surface area contributed by atoms with Crippen molar-refractivity contribution in [3.05, 3.63) is 16.6 Å². The number of hydrogen-bond donors (Lipinski definition) is 1. The first-order valence-corrected chi connectivity index (χ1v) is 7.33. The van der Waals surface area contributed by atoms with Gasteiger partial charge in [0.15, 0.2) is 0 Å². The number of morpholine rings is 1. The third-order valence-corrected chi connectivity index (χ3v) is 4.06. The van der Waals surface area contributed by atoms with Crippen molar-refractivity contribution >= 4 is 17.2 Å². The normalized spacial score (nSPS) is 22.0. The fourth-order valence-electron chi connectivity index (χ4n) is 2.12. The molecule has 1 aliphatic heterocycles. The van der Waals surface area contributed by atoms with Gasteiger partial charge in [0.1, 0.15) is 11.0 Å². The summed E-state index contributed by atoms with van der Waals surface area (Å²) in [7, 11) is 0. The smallest absolute Gasteiger partial charge is 0.378 e. The Morgan fingerprint density at radius 2 is 2.43 bits per heavy atom. The van der Waals surface area contributed by atoms with Gasteiger partial charge in [-0.2, -0.15) is 13.2 Å². The molecule has 0 saturated carbocycles. The lowest BCUT2D eigenvalue weighted by atomic mass is 10.2. The lowest BCUT2D eigenvalue weighted by molar-refractivity contribution is -0.167. The van der Waals surface area contributed by atoms with Gasteiger partial charge >= 0.3 is 6.18 Å². The molecule has 0 radical (unpaired) electrons.